The summed E-state index contributed by atoms with van der Waals surface area (Å²) in [4.78, 5) is 3.20. The first-order valence-electron chi connectivity index (χ1n) is 5.84. The van der Waals surface area contributed by atoms with E-state index in [-0.39, 0.29) is 0 Å². The number of ether oxygens (including phenoxy) is 1. The summed E-state index contributed by atoms with van der Waals surface area (Å²) < 4.78 is 5.22. The minimum atomic E-state index is 0.848. The third kappa shape index (κ3) is 1.91. The fourth-order valence-electron chi connectivity index (χ4n) is 2.05. The lowest BCUT2D eigenvalue weighted by Gasteiger charge is -2.09. The lowest BCUT2D eigenvalue weighted by Crippen LogP contribution is -1.91. The summed E-state index contributed by atoms with van der Waals surface area (Å²) in [6.45, 7) is 0. The van der Waals surface area contributed by atoms with Crippen LogP contribution in [0.2, 0.25) is 0 Å². The van der Waals surface area contributed by atoms with Gasteiger partial charge in [0.1, 0.15) is 5.75 Å². The molecule has 1 heterocycles. The van der Waals surface area contributed by atoms with Crippen LogP contribution in [-0.2, 0) is 0 Å². The highest BCUT2D eigenvalue weighted by Gasteiger charge is 2.02. The fourth-order valence-corrected chi connectivity index (χ4v) is 2.05. The van der Waals surface area contributed by atoms with Crippen molar-refractivity contribution in [2.45, 2.75) is 0 Å². The molecule has 1 aromatic heterocycles. The Kier molecular flexibility index (Phi) is 2.65. The molecule has 0 spiro atoms. The van der Waals surface area contributed by atoms with Crippen LogP contribution in [0.5, 0.6) is 5.75 Å². The van der Waals surface area contributed by atoms with Gasteiger partial charge < -0.3 is 15.0 Å². The van der Waals surface area contributed by atoms with E-state index in [1.54, 1.807) is 7.11 Å². The number of aromatic nitrogens is 1. The zero-order valence-corrected chi connectivity index (χ0v) is 10.1. The molecule has 0 aliphatic carbocycles. The van der Waals surface area contributed by atoms with Gasteiger partial charge in [-0.15, -0.1) is 0 Å². The summed E-state index contributed by atoms with van der Waals surface area (Å²) in [6.07, 6.45) is 1.95. The average molecular weight is 238 g/mol. The maximum Gasteiger partial charge on any atom is 0.120 e. The Bertz CT molecular complexity index is 673. The molecule has 3 nitrogen and oxygen atoms in total. The molecule has 2 N–H and O–H groups in total. The lowest BCUT2D eigenvalue weighted by molar-refractivity contribution is 0.415. The first-order chi connectivity index (χ1) is 8.86. The van der Waals surface area contributed by atoms with Crippen molar-refractivity contribution in [1.82, 2.24) is 4.98 Å². The van der Waals surface area contributed by atoms with E-state index in [0.717, 1.165) is 22.6 Å². The number of methoxy groups -OCH3 is 1. The number of hydrogen-bond acceptors (Lipinski definition) is 2. The number of hydrogen-bond donors (Lipinski definition) is 2. The van der Waals surface area contributed by atoms with Crippen LogP contribution in [0.4, 0.5) is 11.4 Å². The van der Waals surface area contributed by atoms with Gasteiger partial charge in [0.15, 0.2) is 0 Å². The Morgan fingerprint density at radius 1 is 1.06 bits per heavy atom. The van der Waals surface area contributed by atoms with Gasteiger partial charge in [-0.2, -0.15) is 0 Å². The molecular formula is C15H14N2O. The third-order valence-corrected chi connectivity index (χ3v) is 2.94. The topological polar surface area (TPSA) is 37.0 Å². The zero-order valence-electron chi connectivity index (χ0n) is 10.1. The van der Waals surface area contributed by atoms with Crippen LogP contribution < -0.4 is 10.1 Å². The number of rotatable bonds is 3. The van der Waals surface area contributed by atoms with E-state index in [4.69, 9.17) is 4.74 Å². The Labute approximate surface area is 105 Å². The maximum atomic E-state index is 5.22. The molecular weight excluding hydrogens is 224 g/mol. The summed E-state index contributed by atoms with van der Waals surface area (Å²) in [5.41, 5.74) is 3.23. The summed E-state index contributed by atoms with van der Waals surface area (Å²) in [5.74, 6) is 0.848. The van der Waals surface area contributed by atoms with Gasteiger partial charge in [0.25, 0.3) is 0 Å². The number of aromatic amines is 1. The molecule has 3 rings (SSSR count). The first kappa shape index (κ1) is 10.7. The monoisotopic (exact) mass is 238 g/mol. The number of benzene rings is 2. The van der Waals surface area contributed by atoms with E-state index in [9.17, 15) is 0 Å². The Morgan fingerprint density at radius 3 is 2.83 bits per heavy atom. The van der Waals surface area contributed by atoms with Gasteiger partial charge in [-0.05, 0) is 30.3 Å². The van der Waals surface area contributed by atoms with Crippen LogP contribution >= 0.6 is 0 Å². The highest BCUT2D eigenvalue weighted by molar-refractivity contribution is 5.93. The molecule has 3 heteroatoms. The minimum absolute atomic E-state index is 0.848. The molecule has 0 atom stereocenters. The second kappa shape index (κ2) is 4.45. The Balaban J connectivity index is 1.98. The van der Waals surface area contributed by atoms with Crippen molar-refractivity contribution in [2.75, 3.05) is 12.4 Å². The van der Waals surface area contributed by atoms with E-state index < -0.39 is 0 Å². The van der Waals surface area contributed by atoms with Crippen molar-refractivity contribution in [3.63, 3.8) is 0 Å². The SMILES string of the molecule is COc1cccc(Nc2cccc3[nH]ccc23)c1. The molecule has 90 valence electrons. The van der Waals surface area contributed by atoms with E-state index in [2.05, 4.69) is 28.5 Å². The van der Waals surface area contributed by atoms with E-state index in [1.165, 1.54) is 5.39 Å². The molecule has 0 saturated carbocycles. The van der Waals surface area contributed by atoms with Crippen LogP contribution in [0.1, 0.15) is 0 Å². The van der Waals surface area contributed by atoms with Crippen molar-refractivity contribution >= 4 is 22.3 Å². The summed E-state index contributed by atoms with van der Waals surface area (Å²) in [6, 6.07) is 16.1. The Hall–Kier alpha value is -2.42. The summed E-state index contributed by atoms with van der Waals surface area (Å²) in [7, 11) is 1.67. The van der Waals surface area contributed by atoms with Gasteiger partial charge >= 0.3 is 0 Å². The third-order valence-electron chi connectivity index (χ3n) is 2.94. The molecule has 0 fully saturated rings. The van der Waals surface area contributed by atoms with E-state index >= 15 is 0 Å². The average Bonchev–Trinajstić information content (AvgIpc) is 2.88. The quantitative estimate of drug-likeness (QED) is 0.725. The van der Waals surface area contributed by atoms with Gasteiger partial charge in [0, 0.05) is 34.5 Å². The zero-order chi connectivity index (χ0) is 12.4. The molecule has 18 heavy (non-hydrogen) atoms. The van der Waals surface area contributed by atoms with Crippen LogP contribution in [-0.4, -0.2) is 12.1 Å². The van der Waals surface area contributed by atoms with Crippen molar-refractivity contribution in [3.8, 4) is 5.75 Å². The molecule has 0 aliphatic rings. The molecule has 0 bridgehead atoms. The number of anilines is 2. The lowest BCUT2D eigenvalue weighted by atomic mass is 10.2. The highest BCUT2D eigenvalue weighted by atomic mass is 16.5. The van der Waals surface area contributed by atoms with Gasteiger partial charge in [0.05, 0.1) is 7.11 Å². The summed E-state index contributed by atoms with van der Waals surface area (Å²) >= 11 is 0. The number of H-pyrrole nitrogens is 1. The van der Waals surface area contributed by atoms with Crippen molar-refractivity contribution in [2.24, 2.45) is 0 Å². The minimum Gasteiger partial charge on any atom is -0.497 e. The van der Waals surface area contributed by atoms with Gasteiger partial charge in [-0.1, -0.05) is 12.1 Å². The van der Waals surface area contributed by atoms with Gasteiger partial charge in [0.2, 0.25) is 0 Å². The largest absolute Gasteiger partial charge is 0.497 e. The first-order valence-corrected chi connectivity index (χ1v) is 5.84. The normalized spacial score (nSPS) is 10.5. The van der Waals surface area contributed by atoms with Crippen molar-refractivity contribution in [1.29, 1.82) is 0 Å². The predicted molar refractivity (Wildman–Crippen MR) is 74.6 cm³/mol. The second-order valence-electron chi connectivity index (χ2n) is 4.10. The second-order valence-corrected chi connectivity index (χ2v) is 4.10. The van der Waals surface area contributed by atoms with Crippen LogP contribution in [0.25, 0.3) is 10.9 Å². The molecule has 0 unspecified atom stereocenters. The van der Waals surface area contributed by atoms with Crippen LogP contribution in [0.3, 0.4) is 0 Å². The molecule has 0 saturated heterocycles. The van der Waals surface area contributed by atoms with E-state index in [1.807, 2.05) is 36.5 Å². The maximum absolute atomic E-state index is 5.22. The molecule has 0 radical (unpaired) electrons. The number of nitrogens with one attached hydrogen (secondary N) is 2. The standard InChI is InChI=1S/C15H14N2O/c1-18-12-5-2-4-11(10-12)17-15-7-3-6-14-13(15)8-9-16-14/h2-10,16-17H,1H3. The summed E-state index contributed by atoms with van der Waals surface area (Å²) in [5, 5.41) is 4.59. The van der Waals surface area contributed by atoms with Gasteiger partial charge in [-0.3, -0.25) is 0 Å². The Morgan fingerprint density at radius 2 is 1.94 bits per heavy atom. The predicted octanol–water partition coefficient (Wildman–Crippen LogP) is 3.92. The van der Waals surface area contributed by atoms with E-state index in [0.29, 0.717) is 0 Å². The van der Waals surface area contributed by atoms with Gasteiger partial charge in [-0.25, -0.2) is 0 Å². The highest BCUT2D eigenvalue weighted by Crippen LogP contribution is 2.27. The van der Waals surface area contributed by atoms with Crippen LogP contribution in [0.15, 0.2) is 54.7 Å². The number of fused-ring (bicyclic) bond motifs is 1. The molecule has 3 aromatic rings. The van der Waals surface area contributed by atoms with Crippen molar-refractivity contribution in [3.05, 3.63) is 54.7 Å². The molecule has 0 amide bonds. The fraction of sp³-hybridized carbons (Fsp3) is 0.0667. The van der Waals surface area contributed by atoms with Crippen molar-refractivity contribution < 1.29 is 4.74 Å². The smallest absolute Gasteiger partial charge is 0.120 e. The molecule has 2 aromatic carbocycles. The molecule has 0 aliphatic heterocycles. The van der Waals surface area contributed by atoms with Crippen LogP contribution in [0, 0.1) is 0 Å².